The largest absolute Gasteiger partial charge is 0.489 e. The molecule has 3 aliphatic heterocycles. The topological polar surface area (TPSA) is 89.2 Å². The van der Waals surface area contributed by atoms with Gasteiger partial charge in [0.15, 0.2) is 11.8 Å². The van der Waals surface area contributed by atoms with Gasteiger partial charge < -0.3 is 19.5 Å². The first-order chi connectivity index (χ1) is 21.4. The fraction of sp³-hybridized carbons (Fsp3) is 0.361. The van der Waals surface area contributed by atoms with Gasteiger partial charge >= 0.3 is 5.97 Å². The van der Waals surface area contributed by atoms with Crippen molar-refractivity contribution in [3.05, 3.63) is 89.1 Å². The Labute approximate surface area is 268 Å². The van der Waals surface area contributed by atoms with Crippen molar-refractivity contribution in [2.75, 3.05) is 24.6 Å². The van der Waals surface area contributed by atoms with Crippen LogP contribution < -0.4 is 9.64 Å². The molecule has 0 saturated carbocycles. The van der Waals surface area contributed by atoms with Crippen LogP contribution in [0.4, 0.5) is 5.82 Å². The molecule has 0 amide bonds. The number of anilines is 1. The lowest BCUT2D eigenvalue weighted by Gasteiger charge is -2.40. The first kappa shape index (κ1) is 30.9. The van der Waals surface area contributed by atoms with Crippen LogP contribution in [0.25, 0.3) is 28.0 Å². The lowest BCUT2D eigenvalue weighted by atomic mass is 9.80. The molecule has 3 aliphatic rings. The summed E-state index contributed by atoms with van der Waals surface area (Å²) in [6.45, 7) is 11.6. The summed E-state index contributed by atoms with van der Waals surface area (Å²) in [5.74, 6) is 0.391. The Balaban J connectivity index is 1.57. The number of hydrogen-bond donors (Lipinski definition) is 1. The van der Waals surface area contributed by atoms with Crippen molar-refractivity contribution >= 4 is 29.0 Å². The summed E-state index contributed by atoms with van der Waals surface area (Å²) in [6.07, 6.45) is 8.95. The van der Waals surface area contributed by atoms with Crippen LogP contribution in [0, 0.1) is 12.3 Å². The standard InChI is InChI=1S/C36H39ClN4O4/c1-23-31(32(34(42)43)45-35(2,3)4)33-40-17-15-36(5,16-18-40)14-7-6-8-19-44-29-13-12-26(37)21-27(29)24-10-9-11-25(20-24)28-22-30(38-23)41(33)39-28/h6-14,20-22,32H,15-19H2,1-5H3,(H,42,43)/b8-6+,14-7-/t32-/m0/s1. The van der Waals surface area contributed by atoms with Gasteiger partial charge in [0.05, 0.1) is 16.9 Å². The predicted octanol–water partition coefficient (Wildman–Crippen LogP) is 8.08. The number of allylic oxidation sites excluding steroid dienone is 3. The van der Waals surface area contributed by atoms with E-state index < -0.39 is 17.7 Å². The van der Waals surface area contributed by atoms with Gasteiger partial charge in [-0.15, -0.1) is 0 Å². The highest BCUT2D eigenvalue weighted by Gasteiger charge is 2.37. The molecule has 2 aromatic carbocycles. The zero-order valence-corrected chi connectivity index (χ0v) is 27.1. The molecule has 6 bridgehead atoms. The van der Waals surface area contributed by atoms with Gasteiger partial charge in [0, 0.05) is 41.0 Å². The predicted molar refractivity (Wildman–Crippen MR) is 178 cm³/mol. The van der Waals surface area contributed by atoms with E-state index in [0.717, 1.165) is 54.1 Å². The molecule has 8 nitrogen and oxygen atoms in total. The molecule has 0 spiro atoms. The molecular formula is C36H39ClN4O4. The molecule has 9 heteroatoms. The Morgan fingerprint density at radius 2 is 1.84 bits per heavy atom. The SMILES string of the molecule is Cc1nc2cc3nn2c(c1[C@H](OC(C)(C)C)C(=O)O)N1CCC(C)(/C=C\C=C\COc2ccc(Cl)cc2-c2cccc-3c2)CC1. The van der Waals surface area contributed by atoms with Crippen LogP contribution in [-0.4, -0.2) is 51.0 Å². The van der Waals surface area contributed by atoms with Gasteiger partial charge in [-0.2, -0.15) is 9.61 Å². The minimum atomic E-state index is -1.21. The lowest BCUT2D eigenvalue weighted by molar-refractivity contribution is -0.160. The number of carboxylic acid groups (broad SMARTS) is 1. The molecule has 45 heavy (non-hydrogen) atoms. The van der Waals surface area contributed by atoms with Crippen molar-refractivity contribution in [3.63, 3.8) is 0 Å². The van der Waals surface area contributed by atoms with Crippen LogP contribution in [-0.2, 0) is 9.53 Å². The smallest absolute Gasteiger partial charge is 0.337 e. The van der Waals surface area contributed by atoms with Crippen molar-refractivity contribution in [2.45, 2.75) is 59.2 Å². The van der Waals surface area contributed by atoms with Gasteiger partial charge in [0.1, 0.15) is 18.2 Å². The molecule has 0 radical (unpaired) electrons. The van der Waals surface area contributed by atoms with Gasteiger partial charge in [-0.25, -0.2) is 9.78 Å². The van der Waals surface area contributed by atoms with Gasteiger partial charge in [-0.3, -0.25) is 0 Å². The second-order valence-corrected chi connectivity index (χ2v) is 13.6. The number of ether oxygens (including phenoxy) is 2. The second kappa shape index (κ2) is 12.0. The van der Waals surface area contributed by atoms with Crippen LogP contribution >= 0.6 is 11.6 Å². The van der Waals surface area contributed by atoms with E-state index >= 15 is 0 Å². The fourth-order valence-corrected chi connectivity index (χ4v) is 6.28. The second-order valence-electron chi connectivity index (χ2n) is 13.1. The fourth-order valence-electron chi connectivity index (χ4n) is 6.11. The zero-order valence-electron chi connectivity index (χ0n) is 26.4. The number of aliphatic carboxylic acids is 1. The number of hydrogen-bond acceptors (Lipinski definition) is 6. The van der Waals surface area contributed by atoms with Crippen LogP contribution in [0.15, 0.2) is 72.8 Å². The number of aryl methyl sites for hydroxylation is 1. The molecule has 2 aromatic heterocycles. The Kier molecular flexibility index (Phi) is 8.22. The molecule has 5 heterocycles. The molecule has 234 valence electrons. The van der Waals surface area contributed by atoms with Crippen LogP contribution in [0.5, 0.6) is 5.75 Å². The summed E-state index contributed by atoms with van der Waals surface area (Å²) in [5, 5.41) is 16.1. The number of benzene rings is 2. The third-order valence-electron chi connectivity index (χ3n) is 8.46. The molecule has 4 aromatic rings. The number of carbonyl (C=O) groups is 1. The van der Waals surface area contributed by atoms with Gasteiger partial charge in [-0.1, -0.05) is 55.0 Å². The van der Waals surface area contributed by atoms with Gasteiger partial charge in [0.25, 0.3) is 0 Å². The number of carboxylic acids is 1. The van der Waals surface area contributed by atoms with Gasteiger partial charge in [-0.05, 0) is 81.9 Å². The van der Waals surface area contributed by atoms with Crippen LogP contribution in [0.3, 0.4) is 0 Å². The average Bonchev–Trinajstić information content (AvgIpc) is 3.41. The monoisotopic (exact) mass is 626 g/mol. The summed E-state index contributed by atoms with van der Waals surface area (Å²) in [5.41, 5.74) is 4.51. The maximum absolute atomic E-state index is 12.8. The number of halogens is 1. The molecule has 1 fully saturated rings. The third kappa shape index (κ3) is 6.49. The summed E-state index contributed by atoms with van der Waals surface area (Å²) in [7, 11) is 0. The van der Waals surface area contributed by atoms with E-state index in [0.29, 0.717) is 34.4 Å². The van der Waals surface area contributed by atoms with E-state index in [1.165, 1.54) is 0 Å². The highest BCUT2D eigenvalue weighted by Crippen LogP contribution is 2.41. The number of nitrogens with zero attached hydrogens (tertiary/aromatic N) is 4. The van der Waals surface area contributed by atoms with Crippen LogP contribution in [0.1, 0.15) is 57.9 Å². The lowest BCUT2D eigenvalue weighted by Crippen LogP contribution is -2.40. The first-order valence-electron chi connectivity index (χ1n) is 15.3. The van der Waals surface area contributed by atoms with Crippen molar-refractivity contribution in [1.29, 1.82) is 0 Å². The number of piperidine rings is 1. The van der Waals surface area contributed by atoms with E-state index in [1.807, 2.05) is 82.3 Å². The molecule has 1 saturated heterocycles. The molecule has 7 rings (SSSR count). The van der Waals surface area contributed by atoms with Crippen LogP contribution in [0.2, 0.25) is 5.02 Å². The summed E-state index contributed by atoms with van der Waals surface area (Å²) >= 11 is 6.44. The van der Waals surface area contributed by atoms with Crippen molar-refractivity contribution in [2.24, 2.45) is 5.41 Å². The number of aromatic nitrogens is 3. The maximum Gasteiger partial charge on any atom is 0.337 e. The molecular weight excluding hydrogens is 588 g/mol. The Bertz CT molecular complexity index is 1810. The Hall–Kier alpha value is -4.14. The maximum atomic E-state index is 12.8. The zero-order chi connectivity index (χ0) is 31.9. The van der Waals surface area contributed by atoms with Crippen molar-refractivity contribution in [3.8, 4) is 28.1 Å². The highest BCUT2D eigenvalue weighted by molar-refractivity contribution is 6.31. The van der Waals surface area contributed by atoms with E-state index in [4.69, 9.17) is 31.2 Å². The third-order valence-corrected chi connectivity index (χ3v) is 8.69. The number of rotatable bonds is 3. The van der Waals surface area contributed by atoms with Crippen molar-refractivity contribution in [1.82, 2.24) is 14.6 Å². The Morgan fingerprint density at radius 3 is 2.58 bits per heavy atom. The van der Waals surface area contributed by atoms with E-state index in [-0.39, 0.29) is 5.41 Å². The number of fused-ring (bicyclic) bond motifs is 5. The Morgan fingerprint density at radius 1 is 1.09 bits per heavy atom. The van der Waals surface area contributed by atoms with Gasteiger partial charge in [0.2, 0.25) is 0 Å². The minimum Gasteiger partial charge on any atom is -0.489 e. The quantitative estimate of drug-likeness (QED) is 0.246. The van der Waals surface area contributed by atoms with Crippen molar-refractivity contribution < 1.29 is 19.4 Å². The molecule has 0 unspecified atom stereocenters. The summed E-state index contributed by atoms with van der Waals surface area (Å²) in [4.78, 5) is 19.9. The summed E-state index contributed by atoms with van der Waals surface area (Å²) < 4.78 is 14.2. The molecule has 1 atom stereocenters. The molecule has 1 N–H and O–H groups in total. The minimum absolute atomic E-state index is 0.0160. The average molecular weight is 627 g/mol. The normalized spacial score (nSPS) is 18.4. The summed E-state index contributed by atoms with van der Waals surface area (Å²) in [6, 6.07) is 15.7. The van der Waals surface area contributed by atoms with E-state index in [9.17, 15) is 9.90 Å². The highest BCUT2D eigenvalue weighted by atomic mass is 35.5. The van der Waals surface area contributed by atoms with E-state index in [2.05, 4.69) is 30.0 Å². The molecule has 0 aliphatic carbocycles. The first-order valence-corrected chi connectivity index (χ1v) is 15.7. The van der Waals surface area contributed by atoms with E-state index in [1.54, 1.807) is 4.52 Å².